The van der Waals surface area contributed by atoms with Crippen molar-refractivity contribution in [3.63, 3.8) is 0 Å². The van der Waals surface area contributed by atoms with Gasteiger partial charge in [-0.3, -0.25) is 0 Å². The lowest BCUT2D eigenvalue weighted by atomic mass is 9.96. The highest BCUT2D eigenvalue weighted by atomic mass is 14.9. The quantitative estimate of drug-likeness (QED) is 0.898. The highest BCUT2D eigenvalue weighted by molar-refractivity contribution is 5.62. The maximum absolute atomic E-state index is 4.83. The van der Waals surface area contributed by atoms with Crippen LogP contribution >= 0.6 is 0 Å². The van der Waals surface area contributed by atoms with Crippen molar-refractivity contribution in [1.82, 2.24) is 15.3 Å². The maximum atomic E-state index is 4.83. The van der Waals surface area contributed by atoms with E-state index in [-0.39, 0.29) is 0 Å². The van der Waals surface area contributed by atoms with Gasteiger partial charge in [0.25, 0.3) is 0 Å². The molecule has 20 heavy (non-hydrogen) atoms. The highest BCUT2D eigenvalue weighted by Crippen LogP contribution is 2.23. The number of rotatable bonds is 3. The summed E-state index contributed by atoms with van der Waals surface area (Å²) >= 11 is 0. The first-order valence-corrected chi connectivity index (χ1v) is 7.55. The van der Waals surface area contributed by atoms with E-state index >= 15 is 0 Å². The third-order valence-corrected chi connectivity index (χ3v) is 4.11. The molecule has 106 valence electrons. The van der Waals surface area contributed by atoms with Crippen molar-refractivity contribution >= 4 is 0 Å². The largest absolute Gasteiger partial charge is 0.346 e. The van der Waals surface area contributed by atoms with Gasteiger partial charge in [-0.25, -0.2) is 4.98 Å². The molecule has 3 rings (SSSR count). The number of H-pyrrole nitrogens is 1. The van der Waals surface area contributed by atoms with Crippen LogP contribution in [0.4, 0.5) is 0 Å². The number of hydrogen-bond acceptors (Lipinski definition) is 2. The molecule has 0 amide bonds. The van der Waals surface area contributed by atoms with Crippen molar-refractivity contribution in [3.05, 3.63) is 41.3 Å². The van der Waals surface area contributed by atoms with Crippen molar-refractivity contribution in [3.8, 4) is 11.3 Å². The lowest BCUT2D eigenvalue weighted by Gasteiger charge is -2.21. The van der Waals surface area contributed by atoms with E-state index in [0.717, 1.165) is 30.4 Å². The maximum Gasteiger partial charge on any atom is 0.107 e. The summed E-state index contributed by atoms with van der Waals surface area (Å²) in [4.78, 5) is 8.30. The molecule has 3 nitrogen and oxygen atoms in total. The van der Waals surface area contributed by atoms with Crippen LogP contribution in [-0.2, 0) is 6.42 Å². The van der Waals surface area contributed by atoms with Crippen LogP contribution in [0.15, 0.2) is 24.3 Å². The lowest BCUT2D eigenvalue weighted by Crippen LogP contribution is -2.31. The number of aromatic nitrogens is 2. The first-order valence-electron chi connectivity index (χ1n) is 7.55. The SMILES string of the molecule is Cc1cccc(-c2nc(CC3CCCNC3)[nH]c2C)c1. The number of nitrogens with one attached hydrogen (secondary N) is 2. The Hall–Kier alpha value is -1.61. The van der Waals surface area contributed by atoms with Gasteiger partial charge in [0.05, 0.1) is 5.69 Å². The first-order chi connectivity index (χ1) is 9.72. The van der Waals surface area contributed by atoms with Gasteiger partial charge in [0.1, 0.15) is 5.82 Å². The average molecular weight is 269 g/mol. The van der Waals surface area contributed by atoms with Gasteiger partial charge in [-0.05, 0) is 51.8 Å². The van der Waals surface area contributed by atoms with E-state index in [1.165, 1.54) is 36.2 Å². The Labute approximate surface area is 120 Å². The monoisotopic (exact) mass is 269 g/mol. The van der Waals surface area contributed by atoms with Crippen LogP contribution in [0.25, 0.3) is 11.3 Å². The van der Waals surface area contributed by atoms with Crippen LogP contribution in [-0.4, -0.2) is 23.1 Å². The number of hydrogen-bond donors (Lipinski definition) is 2. The number of piperidine rings is 1. The molecule has 0 spiro atoms. The third-order valence-electron chi connectivity index (χ3n) is 4.11. The number of aromatic amines is 1. The fourth-order valence-electron chi connectivity index (χ4n) is 3.06. The molecule has 0 radical (unpaired) electrons. The Bertz CT molecular complexity index is 580. The van der Waals surface area contributed by atoms with Crippen LogP contribution < -0.4 is 5.32 Å². The van der Waals surface area contributed by atoms with Gasteiger partial charge < -0.3 is 10.3 Å². The zero-order valence-corrected chi connectivity index (χ0v) is 12.4. The number of benzene rings is 1. The van der Waals surface area contributed by atoms with E-state index in [2.05, 4.69) is 48.4 Å². The van der Waals surface area contributed by atoms with Gasteiger partial charge in [-0.2, -0.15) is 0 Å². The van der Waals surface area contributed by atoms with E-state index < -0.39 is 0 Å². The molecular weight excluding hydrogens is 246 g/mol. The summed E-state index contributed by atoms with van der Waals surface area (Å²) in [7, 11) is 0. The van der Waals surface area contributed by atoms with E-state index in [9.17, 15) is 0 Å². The molecule has 0 aliphatic carbocycles. The molecule has 2 aromatic rings. The summed E-state index contributed by atoms with van der Waals surface area (Å²) in [6.07, 6.45) is 3.65. The smallest absolute Gasteiger partial charge is 0.107 e. The second-order valence-electron chi connectivity index (χ2n) is 5.94. The molecule has 1 aliphatic heterocycles. The van der Waals surface area contributed by atoms with Crippen molar-refractivity contribution in [2.75, 3.05) is 13.1 Å². The van der Waals surface area contributed by atoms with E-state index in [4.69, 9.17) is 4.98 Å². The van der Waals surface area contributed by atoms with Gasteiger partial charge in [0.2, 0.25) is 0 Å². The van der Waals surface area contributed by atoms with Crippen molar-refractivity contribution in [2.45, 2.75) is 33.1 Å². The standard InChI is InChI=1S/C17H23N3/c1-12-5-3-7-15(9-12)17-13(2)19-16(20-17)10-14-6-4-8-18-11-14/h3,5,7,9,14,18H,4,6,8,10-11H2,1-2H3,(H,19,20). The Morgan fingerprint density at radius 2 is 2.20 bits per heavy atom. The molecule has 1 fully saturated rings. The normalized spacial score (nSPS) is 19.2. The van der Waals surface area contributed by atoms with Crippen LogP contribution in [0.1, 0.15) is 29.9 Å². The summed E-state index contributed by atoms with van der Waals surface area (Å²) < 4.78 is 0. The predicted octanol–water partition coefficient (Wildman–Crippen LogP) is 3.24. The second-order valence-corrected chi connectivity index (χ2v) is 5.94. The minimum atomic E-state index is 0.722. The fraction of sp³-hybridized carbons (Fsp3) is 0.471. The molecule has 1 unspecified atom stereocenters. The minimum Gasteiger partial charge on any atom is -0.346 e. The lowest BCUT2D eigenvalue weighted by molar-refractivity contribution is 0.371. The molecule has 1 saturated heterocycles. The topological polar surface area (TPSA) is 40.7 Å². The molecule has 1 aromatic carbocycles. The van der Waals surface area contributed by atoms with Crippen LogP contribution in [0, 0.1) is 19.8 Å². The van der Waals surface area contributed by atoms with Gasteiger partial charge >= 0.3 is 0 Å². The molecular formula is C17H23N3. The zero-order chi connectivity index (χ0) is 13.9. The van der Waals surface area contributed by atoms with Gasteiger partial charge in [-0.15, -0.1) is 0 Å². The zero-order valence-electron chi connectivity index (χ0n) is 12.4. The molecule has 2 heterocycles. The van der Waals surface area contributed by atoms with Gasteiger partial charge in [0.15, 0.2) is 0 Å². The summed E-state index contributed by atoms with van der Waals surface area (Å²) in [6, 6.07) is 8.57. The fourth-order valence-corrected chi connectivity index (χ4v) is 3.06. The number of aryl methyl sites for hydroxylation is 2. The van der Waals surface area contributed by atoms with E-state index in [0.29, 0.717) is 0 Å². The summed E-state index contributed by atoms with van der Waals surface area (Å²) in [5.41, 5.74) is 4.77. The second kappa shape index (κ2) is 5.80. The Kier molecular flexibility index (Phi) is 3.88. The molecule has 3 heteroatoms. The molecule has 0 saturated carbocycles. The summed E-state index contributed by atoms with van der Waals surface area (Å²) in [5, 5.41) is 3.47. The van der Waals surface area contributed by atoms with Gasteiger partial charge in [0, 0.05) is 17.7 Å². The summed E-state index contributed by atoms with van der Waals surface area (Å²) in [6.45, 7) is 6.54. The van der Waals surface area contributed by atoms with E-state index in [1.54, 1.807) is 0 Å². The Morgan fingerprint density at radius 3 is 2.95 bits per heavy atom. The molecule has 1 atom stereocenters. The predicted molar refractivity (Wildman–Crippen MR) is 82.8 cm³/mol. The third kappa shape index (κ3) is 2.93. The van der Waals surface area contributed by atoms with Gasteiger partial charge in [-0.1, -0.05) is 23.8 Å². The van der Waals surface area contributed by atoms with Crippen LogP contribution in [0.3, 0.4) is 0 Å². The van der Waals surface area contributed by atoms with Crippen LogP contribution in [0.2, 0.25) is 0 Å². The van der Waals surface area contributed by atoms with Crippen LogP contribution in [0.5, 0.6) is 0 Å². The highest BCUT2D eigenvalue weighted by Gasteiger charge is 2.16. The summed E-state index contributed by atoms with van der Waals surface area (Å²) in [5.74, 6) is 1.85. The van der Waals surface area contributed by atoms with E-state index in [1.807, 2.05) is 0 Å². The Balaban J connectivity index is 1.80. The average Bonchev–Trinajstić information content (AvgIpc) is 2.81. The first kappa shape index (κ1) is 13.4. The molecule has 1 aromatic heterocycles. The molecule has 1 aliphatic rings. The number of imidazole rings is 1. The van der Waals surface area contributed by atoms with Crippen molar-refractivity contribution < 1.29 is 0 Å². The molecule has 0 bridgehead atoms. The minimum absolute atomic E-state index is 0.722. The Morgan fingerprint density at radius 1 is 1.30 bits per heavy atom. The number of nitrogens with zero attached hydrogens (tertiary/aromatic N) is 1. The molecule has 2 N–H and O–H groups in total. The van der Waals surface area contributed by atoms with Crippen molar-refractivity contribution in [1.29, 1.82) is 0 Å². The van der Waals surface area contributed by atoms with Crippen molar-refractivity contribution in [2.24, 2.45) is 5.92 Å².